The van der Waals surface area contributed by atoms with Crippen LogP contribution in [0.4, 0.5) is 5.82 Å². The van der Waals surface area contributed by atoms with Gasteiger partial charge < -0.3 is 19.7 Å². The fourth-order valence-corrected chi connectivity index (χ4v) is 2.42. The molecule has 1 aromatic heterocycles. The van der Waals surface area contributed by atoms with E-state index in [1.165, 1.54) is 0 Å². The minimum Gasteiger partial charge on any atom is -0.485 e. The van der Waals surface area contributed by atoms with E-state index in [4.69, 9.17) is 9.47 Å². The molecule has 0 saturated carbocycles. The van der Waals surface area contributed by atoms with Crippen molar-refractivity contribution in [2.75, 3.05) is 25.6 Å². The van der Waals surface area contributed by atoms with Crippen LogP contribution in [0.3, 0.4) is 0 Å². The molecule has 0 radical (unpaired) electrons. The number of benzene rings is 1. The summed E-state index contributed by atoms with van der Waals surface area (Å²) in [5.41, 5.74) is 0.947. The molecule has 2 heterocycles. The molecule has 0 bridgehead atoms. The van der Waals surface area contributed by atoms with E-state index in [2.05, 4.69) is 10.3 Å². The lowest BCUT2D eigenvalue weighted by atomic mass is 10.2. The Labute approximate surface area is 135 Å². The average Bonchev–Trinajstić information content (AvgIpc) is 2.59. The highest BCUT2D eigenvalue weighted by atomic mass is 16.6. The summed E-state index contributed by atoms with van der Waals surface area (Å²) >= 11 is 0. The maximum absolute atomic E-state index is 12.3. The quantitative estimate of drug-likeness (QED) is 0.929. The van der Waals surface area contributed by atoms with Gasteiger partial charge in [-0.2, -0.15) is 0 Å². The van der Waals surface area contributed by atoms with E-state index < -0.39 is 6.10 Å². The monoisotopic (exact) mass is 313 g/mol. The lowest BCUT2D eigenvalue weighted by molar-refractivity contribution is -0.130. The van der Waals surface area contributed by atoms with E-state index in [1.807, 2.05) is 49.3 Å². The van der Waals surface area contributed by atoms with Crippen LogP contribution < -0.4 is 19.7 Å². The molecule has 0 fully saturated rings. The molecule has 1 N–H and O–H groups in total. The number of pyridine rings is 1. The molecule has 3 rings (SSSR count). The third-order valence-electron chi connectivity index (χ3n) is 3.55. The van der Waals surface area contributed by atoms with Crippen molar-refractivity contribution in [3.63, 3.8) is 0 Å². The Bertz CT molecular complexity index is 703. The van der Waals surface area contributed by atoms with E-state index >= 15 is 0 Å². The Morgan fingerprint density at radius 2 is 2.04 bits per heavy atom. The van der Waals surface area contributed by atoms with Crippen LogP contribution in [-0.4, -0.2) is 37.7 Å². The maximum Gasteiger partial charge on any atom is 0.264 e. The molecule has 1 aliphatic heterocycles. The SMILES string of the molecule is CN(C)c1ncccc1CNC(=O)[C@H]1COc2ccccc2O1. The predicted molar refractivity (Wildman–Crippen MR) is 86.8 cm³/mol. The summed E-state index contributed by atoms with van der Waals surface area (Å²) in [6.07, 6.45) is 1.08. The highest BCUT2D eigenvalue weighted by molar-refractivity contribution is 5.81. The maximum atomic E-state index is 12.3. The van der Waals surface area contributed by atoms with Crippen molar-refractivity contribution in [1.82, 2.24) is 10.3 Å². The van der Waals surface area contributed by atoms with Crippen molar-refractivity contribution in [3.05, 3.63) is 48.2 Å². The van der Waals surface area contributed by atoms with Gasteiger partial charge in [0.05, 0.1) is 0 Å². The molecule has 0 saturated heterocycles. The van der Waals surface area contributed by atoms with E-state index in [9.17, 15) is 4.79 Å². The Balaban J connectivity index is 1.63. The number of hydrogen-bond acceptors (Lipinski definition) is 5. The first-order chi connectivity index (χ1) is 11.1. The number of anilines is 1. The van der Waals surface area contributed by atoms with E-state index in [-0.39, 0.29) is 12.5 Å². The minimum atomic E-state index is -0.649. The van der Waals surface area contributed by atoms with Crippen LogP contribution in [0.2, 0.25) is 0 Å². The Morgan fingerprint density at radius 1 is 1.26 bits per heavy atom. The summed E-state index contributed by atoms with van der Waals surface area (Å²) in [7, 11) is 3.84. The lowest BCUT2D eigenvalue weighted by Crippen LogP contribution is -2.43. The second-order valence-corrected chi connectivity index (χ2v) is 5.46. The number of hydrogen-bond donors (Lipinski definition) is 1. The molecule has 1 amide bonds. The van der Waals surface area contributed by atoms with Crippen LogP contribution in [0.5, 0.6) is 11.5 Å². The highest BCUT2D eigenvalue weighted by Gasteiger charge is 2.27. The van der Waals surface area contributed by atoms with Gasteiger partial charge in [-0.15, -0.1) is 0 Å². The van der Waals surface area contributed by atoms with Gasteiger partial charge in [0.15, 0.2) is 11.5 Å². The van der Waals surface area contributed by atoms with Gasteiger partial charge in [0.25, 0.3) is 5.91 Å². The zero-order valence-electron chi connectivity index (χ0n) is 13.2. The molecule has 6 nitrogen and oxygen atoms in total. The van der Waals surface area contributed by atoms with Crippen molar-refractivity contribution < 1.29 is 14.3 Å². The second-order valence-electron chi connectivity index (χ2n) is 5.46. The zero-order chi connectivity index (χ0) is 16.2. The number of ether oxygens (including phenoxy) is 2. The zero-order valence-corrected chi connectivity index (χ0v) is 13.2. The summed E-state index contributed by atoms with van der Waals surface area (Å²) in [5.74, 6) is 1.89. The van der Waals surface area contributed by atoms with Crippen molar-refractivity contribution in [1.29, 1.82) is 0 Å². The molecular weight excluding hydrogens is 294 g/mol. The number of carbonyl (C=O) groups is 1. The topological polar surface area (TPSA) is 63.7 Å². The van der Waals surface area contributed by atoms with Crippen LogP contribution in [-0.2, 0) is 11.3 Å². The molecule has 1 aromatic carbocycles. The van der Waals surface area contributed by atoms with Gasteiger partial charge in [-0.1, -0.05) is 18.2 Å². The molecule has 1 atom stereocenters. The van der Waals surface area contributed by atoms with Gasteiger partial charge in [-0.25, -0.2) is 4.98 Å². The number of nitrogens with zero attached hydrogens (tertiary/aromatic N) is 2. The number of rotatable bonds is 4. The largest absolute Gasteiger partial charge is 0.485 e. The molecule has 0 aliphatic carbocycles. The fraction of sp³-hybridized carbons (Fsp3) is 0.294. The number of carbonyl (C=O) groups excluding carboxylic acids is 1. The fourth-order valence-electron chi connectivity index (χ4n) is 2.42. The van der Waals surface area contributed by atoms with Gasteiger partial charge in [0, 0.05) is 32.4 Å². The van der Waals surface area contributed by atoms with Gasteiger partial charge in [0.1, 0.15) is 12.4 Å². The van der Waals surface area contributed by atoms with Crippen LogP contribution in [0, 0.1) is 0 Å². The predicted octanol–water partition coefficient (Wildman–Crippen LogP) is 1.60. The molecule has 6 heteroatoms. The van der Waals surface area contributed by atoms with Gasteiger partial charge in [-0.3, -0.25) is 4.79 Å². The third kappa shape index (κ3) is 3.36. The van der Waals surface area contributed by atoms with Gasteiger partial charge in [0.2, 0.25) is 6.10 Å². The molecule has 120 valence electrons. The lowest BCUT2D eigenvalue weighted by Gasteiger charge is -2.25. The molecule has 23 heavy (non-hydrogen) atoms. The van der Waals surface area contributed by atoms with E-state index in [0.717, 1.165) is 11.4 Å². The van der Waals surface area contributed by atoms with Gasteiger partial charge in [-0.05, 0) is 18.2 Å². The number of nitrogens with one attached hydrogen (secondary N) is 1. The van der Waals surface area contributed by atoms with Crippen molar-refractivity contribution in [3.8, 4) is 11.5 Å². The summed E-state index contributed by atoms with van der Waals surface area (Å²) < 4.78 is 11.3. The number of aromatic nitrogens is 1. The smallest absolute Gasteiger partial charge is 0.264 e. The van der Waals surface area contributed by atoms with Crippen molar-refractivity contribution in [2.24, 2.45) is 0 Å². The van der Waals surface area contributed by atoms with Crippen molar-refractivity contribution in [2.45, 2.75) is 12.6 Å². The standard InChI is InChI=1S/C17H19N3O3/c1-20(2)16-12(6-5-9-18-16)10-19-17(21)15-11-22-13-7-3-4-8-14(13)23-15/h3-9,15H,10-11H2,1-2H3,(H,19,21)/t15-/m1/s1. The number of amides is 1. The molecule has 0 unspecified atom stereocenters. The van der Waals surface area contributed by atoms with E-state index in [0.29, 0.717) is 18.0 Å². The summed E-state index contributed by atoms with van der Waals surface area (Å²) in [6.45, 7) is 0.595. The van der Waals surface area contributed by atoms with E-state index in [1.54, 1.807) is 12.3 Å². The first-order valence-corrected chi connectivity index (χ1v) is 7.42. The van der Waals surface area contributed by atoms with Crippen molar-refractivity contribution >= 4 is 11.7 Å². The minimum absolute atomic E-state index is 0.201. The average molecular weight is 313 g/mol. The summed E-state index contributed by atoms with van der Waals surface area (Å²) in [6, 6.07) is 11.1. The molecular formula is C17H19N3O3. The Kier molecular flexibility index (Phi) is 4.32. The second kappa shape index (κ2) is 6.56. The normalized spacial score (nSPS) is 15.8. The molecule has 0 spiro atoms. The first-order valence-electron chi connectivity index (χ1n) is 7.42. The first kappa shape index (κ1) is 15.1. The van der Waals surface area contributed by atoms with Gasteiger partial charge >= 0.3 is 0 Å². The molecule has 1 aliphatic rings. The van der Waals surface area contributed by atoms with Crippen LogP contribution in [0.25, 0.3) is 0 Å². The summed E-state index contributed by atoms with van der Waals surface area (Å²) in [5, 5.41) is 2.88. The number of fused-ring (bicyclic) bond motifs is 1. The van der Waals surface area contributed by atoms with Crippen LogP contribution in [0.15, 0.2) is 42.6 Å². The third-order valence-corrected chi connectivity index (χ3v) is 3.55. The van der Waals surface area contributed by atoms with Crippen LogP contribution in [0.1, 0.15) is 5.56 Å². The Morgan fingerprint density at radius 3 is 2.83 bits per heavy atom. The number of para-hydroxylation sites is 2. The molecule has 2 aromatic rings. The summed E-state index contributed by atoms with van der Waals surface area (Å²) in [4.78, 5) is 18.5. The van der Waals surface area contributed by atoms with Crippen LogP contribution >= 0.6 is 0 Å². The highest BCUT2D eigenvalue weighted by Crippen LogP contribution is 2.30. The Hall–Kier alpha value is -2.76.